The van der Waals surface area contributed by atoms with Crippen LogP contribution in [-0.4, -0.2) is 11.5 Å². The lowest BCUT2D eigenvalue weighted by atomic mass is 10.0. The van der Waals surface area contributed by atoms with E-state index in [1.165, 1.54) is 35.5 Å². The van der Waals surface area contributed by atoms with Crippen molar-refractivity contribution in [1.29, 1.82) is 0 Å². The lowest BCUT2D eigenvalue weighted by molar-refractivity contribution is 0.787. The van der Waals surface area contributed by atoms with Crippen LogP contribution in [0.2, 0.25) is 0 Å². The van der Waals surface area contributed by atoms with Crippen LogP contribution in [0.1, 0.15) is 44.6 Å². The second-order valence-electron chi connectivity index (χ2n) is 4.36. The van der Waals surface area contributed by atoms with Gasteiger partial charge in [-0.3, -0.25) is 0 Å². The van der Waals surface area contributed by atoms with Gasteiger partial charge in [0, 0.05) is 4.90 Å². The summed E-state index contributed by atoms with van der Waals surface area (Å²) in [5.74, 6) is 2.89. The Labute approximate surface area is 110 Å². The Morgan fingerprint density at radius 1 is 1.06 bits per heavy atom. The average molecular weight is 254 g/mol. The van der Waals surface area contributed by atoms with Crippen molar-refractivity contribution in [3.8, 4) is 0 Å². The van der Waals surface area contributed by atoms with E-state index in [9.17, 15) is 0 Å². The molecule has 0 aliphatic rings. The van der Waals surface area contributed by atoms with E-state index in [4.69, 9.17) is 0 Å². The van der Waals surface area contributed by atoms with Crippen LogP contribution >= 0.6 is 24.4 Å². The van der Waals surface area contributed by atoms with Gasteiger partial charge in [-0.05, 0) is 48.0 Å². The summed E-state index contributed by atoms with van der Waals surface area (Å²) in [4.78, 5) is 1.40. The zero-order valence-corrected chi connectivity index (χ0v) is 12.0. The lowest BCUT2D eigenvalue weighted by Crippen LogP contribution is -1.87. The van der Waals surface area contributed by atoms with Crippen molar-refractivity contribution in [2.24, 2.45) is 0 Å². The molecular weight excluding hydrogens is 232 g/mol. The van der Waals surface area contributed by atoms with E-state index < -0.39 is 0 Å². The highest BCUT2D eigenvalue weighted by atomic mass is 32.2. The minimum absolute atomic E-state index is 0.634. The fourth-order valence-corrected chi connectivity index (χ4v) is 2.67. The molecule has 0 bridgehead atoms. The quantitative estimate of drug-likeness (QED) is 0.406. The van der Waals surface area contributed by atoms with Gasteiger partial charge in [0.1, 0.15) is 0 Å². The summed E-state index contributed by atoms with van der Waals surface area (Å²) >= 11 is 6.18. The van der Waals surface area contributed by atoms with Crippen molar-refractivity contribution in [2.45, 2.75) is 43.9 Å². The fraction of sp³-hybridized carbons (Fsp3) is 0.571. The molecule has 0 spiro atoms. The Morgan fingerprint density at radius 2 is 1.75 bits per heavy atom. The zero-order valence-electron chi connectivity index (χ0n) is 10.3. The first-order valence-electron chi connectivity index (χ1n) is 6.07. The van der Waals surface area contributed by atoms with Crippen molar-refractivity contribution < 1.29 is 0 Å². The molecule has 0 radical (unpaired) electrons. The van der Waals surface area contributed by atoms with Crippen LogP contribution in [0.3, 0.4) is 0 Å². The SMILES string of the molecule is CC(C)c1ccc(SCCCCCS)cc1. The molecule has 1 rings (SSSR count). The zero-order chi connectivity index (χ0) is 11.8. The van der Waals surface area contributed by atoms with E-state index in [-0.39, 0.29) is 0 Å². The lowest BCUT2D eigenvalue weighted by Gasteiger charge is -2.06. The van der Waals surface area contributed by atoms with Crippen molar-refractivity contribution in [1.82, 2.24) is 0 Å². The van der Waals surface area contributed by atoms with Crippen molar-refractivity contribution in [3.63, 3.8) is 0 Å². The third-order valence-electron chi connectivity index (χ3n) is 2.62. The second-order valence-corrected chi connectivity index (χ2v) is 5.97. The molecule has 0 fully saturated rings. The highest BCUT2D eigenvalue weighted by molar-refractivity contribution is 7.99. The normalized spacial score (nSPS) is 11.0. The predicted octanol–water partition coefficient (Wildman–Crippen LogP) is 5.00. The van der Waals surface area contributed by atoms with E-state index >= 15 is 0 Å². The van der Waals surface area contributed by atoms with Gasteiger partial charge < -0.3 is 0 Å². The Morgan fingerprint density at radius 3 is 2.31 bits per heavy atom. The van der Waals surface area contributed by atoms with E-state index in [1.54, 1.807) is 0 Å². The maximum Gasteiger partial charge on any atom is 0.00721 e. The van der Waals surface area contributed by atoms with E-state index in [2.05, 4.69) is 50.7 Å². The third-order valence-corrected chi connectivity index (χ3v) is 4.03. The first-order chi connectivity index (χ1) is 7.74. The Bertz CT molecular complexity index is 277. The summed E-state index contributed by atoms with van der Waals surface area (Å²) in [5, 5.41) is 0. The molecule has 0 atom stereocenters. The van der Waals surface area contributed by atoms with Gasteiger partial charge in [0.15, 0.2) is 0 Å². The van der Waals surface area contributed by atoms with E-state index in [0.29, 0.717) is 5.92 Å². The van der Waals surface area contributed by atoms with Gasteiger partial charge in [0.25, 0.3) is 0 Å². The van der Waals surface area contributed by atoms with Crippen LogP contribution in [0.15, 0.2) is 29.2 Å². The molecule has 0 aliphatic heterocycles. The van der Waals surface area contributed by atoms with Crippen molar-refractivity contribution in [3.05, 3.63) is 29.8 Å². The van der Waals surface area contributed by atoms with Crippen LogP contribution in [0, 0.1) is 0 Å². The molecule has 0 saturated carbocycles. The molecule has 0 saturated heterocycles. The van der Waals surface area contributed by atoms with E-state index in [0.717, 1.165) is 5.75 Å². The van der Waals surface area contributed by atoms with Gasteiger partial charge in [-0.2, -0.15) is 12.6 Å². The number of hydrogen-bond donors (Lipinski definition) is 1. The van der Waals surface area contributed by atoms with Gasteiger partial charge >= 0.3 is 0 Å². The standard InChI is InChI=1S/C14H22S2/c1-12(2)13-6-8-14(9-7-13)16-11-5-3-4-10-15/h6-9,12,15H,3-5,10-11H2,1-2H3. The van der Waals surface area contributed by atoms with Gasteiger partial charge in [-0.15, -0.1) is 11.8 Å². The summed E-state index contributed by atoms with van der Waals surface area (Å²) < 4.78 is 0. The van der Waals surface area contributed by atoms with Crippen LogP contribution < -0.4 is 0 Å². The fourth-order valence-electron chi connectivity index (χ4n) is 1.53. The van der Waals surface area contributed by atoms with Crippen LogP contribution in [0.25, 0.3) is 0 Å². The summed E-state index contributed by atoms with van der Waals surface area (Å²) in [6, 6.07) is 9.00. The van der Waals surface area contributed by atoms with Crippen LogP contribution in [0.5, 0.6) is 0 Å². The van der Waals surface area contributed by atoms with Crippen molar-refractivity contribution in [2.75, 3.05) is 11.5 Å². The molecule has 90 valence electrons. The van der Waals surface area contributed by atoms with Gasteiger partial charge in [-0.1, -0.05) is 32.4 Å². The maximum atomic E-state index is 4.22. The maximum absolute atomic E-state index is 4.22. The molecule has 0 N–H and O–H groups in total. The summed E-state index contributed by atoms with van der Waals surface area (Å²) in [6.45, 7) is 4.47. The minimum atomic E-state index is 0.634. The van der Waals surface area contributed by atoms with Gasteiger partial charge in [-0.25, -0.2) is 0 Å². The molecule has 0 aliphatic carbocycles. The Balaban J connectivity index is 2.27. The van der Waals surface area contributed by atoms with E-state index in [1.807, 2.05) is 11.8 Å². The molecule has 16 heavy (non-hydrogen) atoms. The number of thioether (sulfide) groups is 1. The molecule has 0 heterocycles. The molecular formula is C14H22S2. The first-order valence-corrected chi connectivity index (χ1v) is 7.69. The summed E-state index contributed by atoms with van der Waals surface area (Å²) in [5.41, 5.74) is 1.43. The van der Waals surface area contributed by atoms with Crippen molar-refractivity contribution >= 4 is 24.4 Å². The number of benzene rings is 1. The number of rotatable bonds is 7. The summed E-state index contributed by atoms with van der Waals surface area (Å²) in [7, 11) is 0. The molecule has 0 amide bonds. The smallest absolute Gasteiger partial charge is 0.00721 e. The Hall–Kier alpha value is -0.0800. The molecule has 0 aromatic heterocycles. The molecule has 0 nitrogen and oxygen atoms in total. The first kappa shape index (κ1) is 14.0. The monoisotopic (exact) mass is 254 g/mol. The topological polar surface area (TPSA) is 0 Å². The molecule has 2 heteroatoms. The number of unbranched alkanes of at least 4 members (excludes halogenated alkanes) is 2. The minimum Gasteiger partial charge on any atom is -0.179 e. The predicted molar refractivity (Wildman–Crippen MR) is 79.0 cm³/mol. The Kier molecular flexibility index (Phi) is 7.06. The summed E-state index contributed by atoms with van der Waals surface area (Å²) in [6.07, 6.45) is 3.85. The highest BCUT2D eigenvalue weighted by Crippen LogP contribution is 2.22. The number of hydrogen-bond acceptors (Lipinski definition) is 2. The van der Waals surface area contributed by atoms with Crippen LogP contribution in [-0.2, 0) is 0 Å². The molecule has 1 aromatic rings. The van der Waals surface area contributed by atoms with Gasteiger partial charge in [0.2, 0.25) is 0 Å². The highest BCUT2D eigenvalue weighted by Gasteiger charge is 1.99. The average Bonchev–Trinajstić information content (AvgIpc) is 2.29. The second kappa shape index (κ2) is 8.08. The van der Waals surface area contributed by atoms with Gasteiger partial charge in [0.05, 0.1) is 0 Å². The molecule has 1 aromatic carbocycles. The number of thiol groups is 1. The largest absolute Gasteiger partial charge is 0.179 e. The molecule has 0 unspecified atom stereocenters. The van der Waals surface area contributed by atoms with Crippen LogP contribution in [0.4, 0.5) is 0 Å². The third kappa shape index (κ3) is 5.31.